The van der Waals surface area contributed by atoms with Gasteiger partial charge in [0.05, 0.1) is 12.7 Å². The van der Waals surface area contributed by atoms with E-state index in [-0.39, 0.29) is 0 Å². The number of likely N-dealkylation sites (N-methyl/N-ethyl adjacent to an activating group) is 1. The maximum absolute atomic E-state index is 5.67. The lowest BCUT2D eigenvalue weighted by atomic mass is 10.3. The number of hydrogen-bond donors (Lipinski definition) is 1. The Balaban J connectivity index is 1.59. The van der Waals surface area contributed by atoms with Crippen molar-refractivity contribution in [3.8, 4) is 0 Å². The highest BCUT2D eigenvalue weighted by Crippen LogP contribution is 2.01. The fraction of sp³-hybridized carbons (Fsp3) is 0.818. The quantitative estimate of drug-likeness (QED) is 0.687. The van der Waals surface area contributed by atoms with Crippen LogP contribution < -0.4 is 5.32 Å². The van der Waals surface area contributed by atoms with Gasteiger partial charge in [-0.2, -0.15) is 5.10 Å². The number of nitrogens with zero attached hydrogens (tertiary/aromatic N) is 4. The van der Waals surface area contributed by atoms with Crippen molar-refractivity contribution in [2.24, 2.45) is 7.05 Å². The highest BCUT2D eigenvalue weighted by Gasteiger charge is 2.16. The predicted molar refractivity (Wildman–Crippen MR) is 64.8 cm³/mol. The third-order valence-corrected chi connectivity index (χ3v) is 2.89. The Morgan fingerprint density at radius 1 is 1.53 bits per heavy atom. The highest BCUT2D eigenvalue weighted by atomic mass is 16.5. The van der Waals surface area contributed by atoms with E-state index in [2.05, 4.69) is 27.3 Å². The summed E-state index contributed by atoms with van der Waals surface area (Å²) >= 11 is 0. The average molecular weight is 239 g/mol. The summed E-state index contributed by atoms with van der Waals surface area (Å²) in [4.78, 5) is 6.49. The second-order valence-corrected chi connectivity index (χ2v) is 4.54. The van der Waals surface area contributed by atoms with E-state index in [0.717, 1.165) is 45.0 Å². The minimum atomic E-state index is 0.311. The third-order valence-electron chi connectivity index (χ3n) is 2.89. The van der Waals surface area contributed by atoms with Crippen molar-refractivity contribution in [3.63, 3.8) is 0 Å². The van der Waals surface area contributed by atoms with Crippen molar-refractivity contribution in [2.45, 2.75) is 12.5 Å². The lowest BCUT2D eigenvalue weighted by molar-refractivity contribution is -0.0179. The standard InChI is InChI=1S/C11H21N5O/c1-15-5-6-17-10(8-15)7-12-4-3-11-13-9-16(2)14-11/h9-10,12H,3-8H2,1-2H3. The number of rotatable bonds is 5. The Morgan fingerprint density at radius 3 is 3.12 bits per heavy atom. The molecule has 6 nitrogen and oxygen atoms in total. The van der Waals surface area contributed by atoms with Gasteiger partial charge in [0.2, 0.25) is 0 Å². The van der Waals surface area contributed by atoms with Crippen molar-refractivity contribution in [1.29, 1.82) is 0 Å². The number of nitrogens with one attached hydrogen (secondary N) is 1. The maximum Gasteiger partial charge on any atom is 0.151 e. The Bertz CT molecular complexity index is 340. The van der Waals surface area contributed by atoms with E-state index in [0.29, 0.717) is 6.10 Å². The Labute approximate surface area is 102 Å². The SMILES string of the molecule is CN1CCOC(CNCCc2ncn(C)n2)C1. The molecule has 0 radical (unpaired) electrons. The fourth-order valence-corrected chi connectivity index (χ4v) is 1.95. The molecule has 0 spiro atoms. The van der Waals surface area contributed by atoms with Gasteiger partial charge in [-0.15, -0.1) is 0 Å². The lowest BCUT2D eigenvalue weighted by Crippen LogP contribution is -2.45. The smallest absolute Gasteiger partial charge is 0.151 e. The van der Waals surface area contributed by atoms with Crippen LogP contribution in [0.25, 0.3) is 0 Å². The summed E-state index contributed by atoms with van der Waals surface area (Å²) in [6.07, 6.45) is 2.91. The lowest BCUT2D eigenvalue weighted by Gasteiger charge is -2.30. The molecule has 1 fully saturated rings. The Hall–Kier alpha value is -0.980. The van der Waals surface area contributed by atoms with Crippen LogP contribution in [-0.4, -0.2) is 65.6 Å². The van der Waals surface area contributed by atoms with Gasteiger partial charge in [0, 0.05) is 39.6 Å². The van der Waals surface area contributed by atoms with Gasteiger partial charge in [-0.05, 0) is 7.05 Å². The van der Waals surface area contributed by atoms with Gasteiger partial charge in [-0.1, -0.05) is 0 Å². The molecule has 0 amide bonds. The summed E-state index contributed by atoms with van der Waals surface area (Å²) in [7, 11) is 4.02. The highest BCUT2D eigenvalue weighted by molar-refractivity contribution is 4.82. The van der Waals surface area contributed by atoms with Crippen LogP contribution in [0.4, 0.5) is 0 Å². The molecule has 0 aromatic carbocycles. The molecular weight excluding hydrogens is 218 g/mol. The van der Waals surface area contributed by atoms with Crippen LogP contribution in [0.1, 0.15) is 5.82 Å². The number of ether oxygens (including phenoxy) is 1. The molecule has 1 atom stereocenters. The molecule has 1 aliphatic rings. The maximum atomic E-state index is 5.67. The second-order valence-electron chi connectivity index (χ2n) is 4.54. The summed E-state index contributed by atoms with van der Waals surface area (Å²) in [5, 5.41) is 7.63. The van der Waals surface area contributed by atoms with E-state index in [1.165, 1.54) is 0 Å². The summed E-state index contributed by atoms with van der Waals surface area (Å²) in [5.41, 5.74) is 0. The topological polar surface area (TPSA) is 55.2 Å². The number of aryl methyl sites for hydroxylation is 1. The summed E-state index contributed by atoms with van der Waals surface area (Å²) in [6.45, 7) is 4.68. The molecule has 1 aromatic heterocycles. The monoisotopic (exact) mass is 239 g/mol. The molecule has 0 aliphatic carbocycles. The van der Waals surface area contributed by atoms with Crippen LogP contribution in [0.2, 0.25) is 0 Å². The first-order chi connectivity index (χ1) is 8.24. The van der Waals surface area contributed by atoms with Gasteiger partial charge in [0.25, 0.3) is 0 Å². The predicted octanol–water partition coefficient (Wildman–Crippen LogP) is -0.722. The van der Waals surface area contributed by atoms with Crippen molar-refractivity contribution in [1.82, 2.24) is 25.0 Å². The van der Waals surface area contributed by atoms with Crippen LogP contribution in [0.15, 0.2) is 6.33 Å². The molecule has 0 bridgehead atoms. The first-order valence-corrected chi connectivity index (χ1v) is 6.09. The minimum absolute atomic E-state index is 0.311. The summed E-state index contributed by atoms with van der Waals surface area (Å²) in [6, 6.07) is 0. The molecule has 1 unspecified atom stereocenters. The van der Waals surface area contributed by atoms with Crippen molar-refractivity contribution < 1.29 is 4.74 Å². The van der Waals surface area contributed by atoms with Crippen LogP contribution in [0.3, 0.4) is 0 Å². The van der Waals surface area contributed by atoms with Gasteiger partial charge < -0.3 is 15.0 Å². The van der Waals surface area contributed by atoms with Gasteiger partial charge in [0.1, 0.15) is 6.33 Å². The average Bonchev–Trinajstić information content (AvgIpc) is 2.71. The zero-order valence-corrected chi connectivity index (χ0v) is 10.6. The molecule has 0 saturated carbocycles. The Morgan fingerprint density at radius 2 is 2.41 bits per heavy atom. The van der Waals surface area contributed by atoms with E-state index in [1.54, 1.807) is 11.0 Å². The van der Waals surface area contributed by atoms with E-state index in [9.17, 15) is 0 Å². The normalized spacial score (nSPS) is 21.9. The van der Waals surface area contributed by atoms with Gasteiger partial charge >= 0.3 is 0 Å². The molecule has 1 aliphatic heterocycles. The van der Waals surface area contributed by atoms with Crippen molar-refractivity contribution >= 4 is 0 Å². The first-order valence-electron chi connectivity index (χ1n) is 6.09. The molecule has 2 rings (SSSR count). The number of hydrogen-bond acceptors (Lipinski definition) is 5. The largest absolute Gasteiger partial charge is 0.374 e. The van der Waals surface area contributed by atoms with E-state index in [1.807, 2.05) is 7.05 Å². The van der Waals surface area contributed by atoms with E-state index >= 15 is 0 Å². The molecule has 1 saturated heterocycles. The van der Waals surface area contributed by atoms with Crippen molar-refractivity contribution in [2.75, 3.05) is 39.8 Å². The van der Waals surface area contributed by atoms with E-state index < -0.39 is 0 Å². The molecule has 17 heavy (non-hydrogen) atoms. The van der Waals surface area contributed by atoms with Gasteiger partial charge in [-0.3, -0.25) is 4.68 Å². The number of morpholine rings is 1. The number of aromatic nitrogens is 3. The molecule has 96 valence electrons. The molecule has 1 N–H and O–H groups in total. The van der Waals surface area contributed by atoms with E-state index in [4.69, 9.17) is 4.74 Å². The minimum Gasteiger partial charge on any atom is -0.374 e. The van der Waals surface area contributed by atoms with Crippen LogP contribution in [0, 0.1) is 0 Å². The van der Waals surface area contributed by atoms with Crippen LogP contribution in [-0.2, 0) is 18.2 Å². The molecular formula is C11H21N5O. The second kappa shape index (κ2) is 6.09. The molecule has 6 heteroatoms. The van der Waals surface area contributed by atoms with Gasteiger partial charge in [0.15, 0.2) is 5.82 Å². The summed E-state index contributed by atoms with van der Waals surface area (Å²) < 4.78 is 7.40. The first kappa shape index (κ1) is 12.5. The summed E-state index contributed by atoms with van der Waals surface area (Å²) in [5.74, 6) is 0.890. The zero-order chi connectivity index (χ0) is 12.1. The Kier molecular flexibility index (Phi) is 4.47. The third kappa shape index (κ3) is 4.07. The van der Waals surface area contributed by atoms with Crippen LogP contribution in [0.5, 0.6) is 0 Å². The zero-order valence-electron chi connectivity index (χ0n) is 10.6. The molecule has 1 aromatic rings. The fourth-order valence-electron chi connectivity index (χ4n) is 1.95. The van der Waals surface area contributed by atoms with Gasteiger partial charge in [-0.25, -0.2) is 4.98 Å². The van der Waals surface area contributed by atoms with Crippen molar-refractivity contribution in [3.05, 3.63) is 12.2 Å². The molecule has 2 heterocycles. The van der Waals surface area contributed by atoms with Crippen LogP contribution >= 0.6 is 0 Å².